The molecule has 0 N–H and O–H groups in total. The molecule has 16 heavy (non-hydrogen) atoms. The Labute approximate surface area is 97.8 Å². The smallest absolute Gasteiger partial charge is 0.00650 e. The van der Waals surface area contributed by atoms with Crippen LogP contribution in [0.25, 0.3) is 11.4 Å². The third-order valence-electron chi connectivity index (χ3n) is 2.89. The van der Waals surface area contributed by atoms with Crippen LogP contribution in [0.3, 0.4) is 0 Å². The Morgan fingerprint density at radius 1 is 0.875 bits per heavy atom. The fourth-order valence-corrected chi connectivity index (χ4v) is 3.28. The summed E-state index contributed by atoms with van der Waals surface area (Å²) in [5.41, 5.74) is 4.09. The minimum atomic E-state index is 1.34. The summed E-state index contributed by atoms with van der Waals surface area (Å²) in [5, 5.41) is 2.83. The Kier molecular flexibility index (Phi) is 2.38. The topological polar surface area (TPSA) is 0 Å². The van der Waals surface area contributed by atoms with Crippen molar-refractivity contribution in [3.8, 4) is 0 Å². The van der Waals surface area contributed by atoms with Gasteiger partial charge in [0.1, 0.15) is 0 Å². The van der Waals surface area contributed by atoms with Crippen molar-refractivity contribution in [2.45, 2.75) is 6.92 Å². The highest BCUT2D eigenvalue weighted by atomic mass is 31.1. The van der Waals surface area contributed by atoms with Gasteiger partial charge in [-0.05, 0) is 48.9 Å². The third-order valence-corrected chi connectivity index (χ3v) is 4.15. The first-order valence-corrected chi connectivity index (χ1v) is 6.32. The lowest BCUT2D eigenvalue weighted by Gasteiger charge is -2.05. The number of aryl methyl sites for hydroxylation is 1. The van der Waals surface area contributed by atoms with Crippen LogP contribution in [0.15, 0.2) is 48.5 Å². The fraction of sp³-hybridized carbons (Fsp3) is 0.0667. The van der Waals surface area contributed by atoms with E-state index in [-0.39, 0.29) is 0 Å². The quantitative estimate of drug-likeness (QED) is 0.639. The van der Waals surface area contributed by atoms with E-state index in [1.54, 1.807) is 0 Å². The van der Waals surface area contributed by atoms with Crippen molar-refractivity contribution in [3.05, 3.63) is 65.2 Å². The number of hydrogen-bond acceptors (Lipinski definition) is 0. The van der Waals surface area contributed by atoms with E-state index >= 15 is 0 Å². The maximum Gasteiger partial charge on any atom is -0.00650 e. The van der Waals surface area contributed by atoms with Gasteiger partial charge >= 0.3 is 0 Å². The molecular formula is C15H12P. The van der Waals surface area contributed by atoms with Gasteiger partial charge in [-0.15, -0.1) is 0 Å². The molecule has 0 bridgehead atoms. The van der Waals surface area contributed by atoms with E-state index in [4.69, 9.17) is 0 Å². The lowest BCUT2D eigenvalue weighted by molar-refractivity contribution is 1.44. The van der Waals surface area contributed by atoms with Gasteiger partial charge in [-0.1, -0.05) is 48.5 Å². The van der Waals surface area contributed by atoms with Gasteiger partial charge in [0, 0.05) is 0 Å². The maximum atomic E-state index is 2.30. The molecule has 2 aromatic carbocycles. The average molecular weight is 223 g/mol. The number of rotatable bonds is 1. The minimum absolute atomic E-state index is 1.34. The van der Waals surface area contributed by atoms with E-state index in [0.717, 1.165) is 0 Å². The molecular weight excluding hydrogens is 211 g/mol. The zero-order valence-electron chi connectivity index (χ0n) is 9.14. The summed E-state index contributed by atoms with van der Waals surface area (Å²) in [6.45, 7) is 2.18. The number of hydrogen-bond donors (Lipinski definition) is 0. The van der Waals surface area contributed by atoms with Crippen LogP contribution in [0, 0.1) is 6.92 Å². The average Bonchev–Trinajstić information content (AvgIpc) is 2.73. The van der Waals surface area contributed by atoms with E-state index in [9.17, 15) is 0 Å². The van der Waals surface area contributed by atoms with Gasteiger partial charge in [0.25, 0.3) is 0 Å². The molecule has 0 spiro atoms. The highest BCUT2D eigenvalue weighted by Gasteiger charge is 2.15. The molecule has 77 valence electrons. The van der Waals surface area contributed by atoms with Crippen molar-refractivity contribution >= 4 is 25.3 Å². The summed E-state index contributed by atoms with van der Waals surface area (Å²) >= 11 is 0. The van der Waals surface area contributed by atoms with Crippen LogP contribution >= 0.6 is 8.58 Å². The summed E-state index contributed by atoms with van der Waals surface area (Å²) in [4.78, 5) is 0. The second-order valence-electron chi connectivity index (χ2n) is 4.02. The molecule has 0 aromatic heterocycles. The molecule has 1 radical (unpaired) electrons. The van der Waals surface area contributed by atoms with Gasteiger partial charge in [0.2, 0.25) is 0 Å². The van der Waals surface area contributed by atoms with Crippen molar-refractivity contribution in [1.29, 1.82) is 0 Å². The molecule has 1 heteroatoms. The monoisotopic (exact) mass is 223 g/mol. The van der Waals surface area contributed by atoms with Crippen LogP contribution in [-0.2, 0) is 0 Å². The molecule has 0 fully saturated rings. The van der Waals surface area contributed by atoms with Gasteiger partial charge in [0.15, 0.2) is 0 Å². The Morgan fingerprint density at radius 3 is 2.44 bits per heavy atom. The van der Waals surface area contributed by atoms with Crippen molar-refractivity contribution in [3.63, 3.8) is 0 Å². The zero-order valence-corrected chi connectivity index (χ0v) is 10.0. The summed E-state index contributed by atoms with van der Waals surface area (Å²) in [5.74, 6) is 0. The molecule has 0 saturated heterocycles. The predicted octanol–water partition coefficient (Wildman–Crippen LogP) is 4.08. The molecule has 3 rings (SSSR count). The zero-order chi connectivity index (χ0) is 11.0. The molecule has 0 nitrogen and oxygen atoms in total. The Hall–Kier alpha value is -1.39. The van der Waals surface area contributed by atoms with Gasteiger partial charge in [-0.2, -0.15) is 0 Å². The molecule has 1 aliphatic rings. The van der Waals surface area contributed by atoms with Crippen LogP contribution in [-0.4, -0.2) is 0 Å². The SMILES string of the molecule is Cc1ccccc1C1=Cc2ccccc2[P]1. The van der Waals surface area contributed by atoms with Gasteiger partial charge in [0.05, 0.1) is 0 Å². The second kappa shape index (κ2) is 3.88. The summed E-state index contributed by atoms with van der Waals surface area (Å²) in [6, 6.07) is 17.2. The normalized spacial score (nSPS) is 14.9. The molecule has 2 aromatic rings. The number of benzene rings is 2. The van der Waals surface area contributed by atoms with Crippen molar-refractivity contribution in [2.75, 3.05) is 0 Å². The van der Waals surface area contributed by atoms with Gasteiger partial charge in [-0.25, -0.2) is 0 Å². The van der Waals surface area contributed by atoms with E-state index in [1.807, 2.05) is 0 Å². The van der Waals surface area contributed by atoms with Crippen molar-refractivity contribution in [2.24, 2.45) is 0 Å². The molecule has 0 unspecified atom stereocenters. The Bertz CT molecular complexity index is 567. The first-order chi connectivity index (χ1) is 7.84. The Morgan fingerprint density at radius 2 is 1.62 bits per heavy atom. The molecule has 0 aliphatic carbocycles. The Balaban J connectivity index is 2.05. The standard InChI is InChI=1S/C15H12P/c1-11-6-2-4-8-13(11)15-10-12-7-3-5-9-14(12)16-15/h2-10H,1H3. The fourth-order valence-electron chi connectivity index (χ4n) is 2.02. The molecule has 1 aliphatic heterocycles. The minimum Gasteiger partial charge on any atom is -0.0620 e. The summed E-state index contributed by atoms with van der Waals surface area (Å²) in [7, 11) is 1.34. The van der Waals surface area contributed by atoms with E-state index in [0.29, 0.717) is 0 Å². The van der Waals surface area contributed by atoms with Crippen molar-refractivity contribution in [1.82, 2.24) is 0 Å². The molecule has 0 atom stereocenters. The highest BCUT2D eigenvalue weighted by Crippen LogP contribution is 2.41. The van der Waals surface area contributed by atoms with E-state index < -0.39 is 0 Å². The third kappa shape index (κ3) is 1.60. The van der Waals surface area contributed by atoms with Crippen LogP contribution in [0.5, 0.6) is 0 Å². The first kappa shape index (κ1) is 9.81. The van der Waals surface area contributed by atoms with Gasteiger partial charge < -0.3 is 0 Å². The van der Waals surface area contributed by atoms with Crippen LogP contribution in [0.2, 0.25) is 0 Å². The van der Waals surface area contributed by atoms with E-state index in [1.165, 1.54) is 35.9 Å². The van der Waals surface area contributed by atoms with Crippen LogP contribution in [0.4, 0.5) is 0 Å². The summed E-state index contributed by atoms with van der Waals surface area (Å²) < 4.78 is 0. The van der Waals surface area contributed by atoms with Gasteiger partial charge in [-0.3, -0.25) is 0 Å². The lowest BCUT2D eigenvalue weighted by Crippen LogP contribution is -1.92. The van der Waals surface area contributed by atoms with Crippen LogP contribution in [0.1, 0.15) is 16.7 Å². The first-order valence-electron chi connectivity index (χ1n) is 5.43. The second-order valence-corrected chi connectivity index (χ2v) is 5.20. The molecule has 0 amide bonds. The summed E-state index contributed by atoms with van der Waals surface area (Å²) in [6.07, 6.45) is 2.30. The maximum absolute atomic E-state index is 2.30. The highest BCUT2D eigenvalue weighted by molar-refractivity contribution is 7.59. The van der Waals surface area contributed by atoms with Crippen molar-refractivity contribution < 1.29 is 0 Å². The van der Waals surface area contributed by atoms with E-state index in [2.05, 4.69) is 61.5 Å². The predicted molar refractivity (Wildman–Crippen MR) is 72.0 cm³/mol. The number of fused-ring (bicyclic) bond motifs is 1. The largest absolute Gasteiger partial charge is 0.0620 e. The van der Waals surface area contributed by atoms with Crippen LogP contribution < -0.4 is 5.30 Å². The lowest BCUT2D eigenvalue weighted by atomic mass is 10.1. The molecule has 0 saturated carbocycles. The molecule has 1 heterocycles.